The number of nitrogens with one attached hydrogen (secondary N) is 1. The highest BCUT2D eigenvalue weighted by Gasteiger charge is 2.36. The summed E-state index contributed by atoms with van der Waals surface area (Å²) in [6.45, 7) is -0.474. The average Bonchev–Trinajstić information content (AvgIpc) is 2.47. The maximum absolute atomic E-state index is 13.0. The summed E-state index contributed by atoms with van der Waals surface area (Å²) in [5.41, 5.74) is -1.47. The fourth-order valence-electron chi connectivity index (χ4n) is 2.54. The van der Waals surface area contributed by atoms with Crippen LogP contribution in [0.1, 0.15) is 24.0 Å². The highest BCUT2D eigenvalue weighted by atomic mass is 32.2. The van der Waals surface area contributed by atoms with Crippen LogP contribution < -0.4 is 5.32 Å². The first kappa shape index (κ1) is 18.7. The van der Waals surface area contributed by atoms with Gasteiger partial charge in [0, 0.05) is 13.6 Å². The van der Waals surface area contributed by atoms with Crippen LogP contribution in [0.15, 0.2) is 18.2 Å². The molecule has 10 heteroatoms. The van der Waals surface area contributed by atoms with Crippen molar-refractivity contribution in [2.24, 2.45) is 0 Å². The number of sulfonamides is 1. The number of nitrogens with zero attached hydrogens (tertiary/aromatic N) is 1. The Labute approximate surface area is 136 Å². The molecule has 1 aromatic rings. The van der Waals surface area contributed by atoms with Crippen molar-refractivity contribution in [3.05, 3.63) is 35.1 Å². The Balaban J connectivity index is 2.13. The van der Waals surface area contributed by atoms with Crippen LogP contribution >= 0.6 is 0 Å². The molecule has 1 aliphatic rings. The van der Waals surface area contributed by atoms with Gasteiger partial charge in [-0.3, -0.25) is 4.79 Å². The third-order valence-electron chi connectivity index (χ3n) is 3.89. The van der Waals surface area contributed by atoms with Gasteiger partial charge in [0.05, 0.1) is 11.3 Å². The number of halogens is 4. The number of hydrogen-bond acceptors (Lipinski definition) is 3. The second kappa shape index (κ2) is 6.67. The van der Waals surface area contributed by atoms with Gasteiger partial charge >= 0.3 is 6.18 Å². The van der Waals surface area contributed by atoms with Crippen LogP contribution in [0.3, 0.4) is 0 Å². The molecule has 134 valence electrons. The van der Waals surface area contributed by atoms with Crippen LogP contribution in [-0.4, -0.2) is 37.5 Å². The third kappa shape index (κ3) is 4.04. The number of carbonyl (C=O) groups excluding carboxylic acids is 1. The van der Waals surface area contributed by atoms with Gasteiger partial charge in [0.25, 0.3) is 0 Å². The van der Waals surface area contributed by atoms with Crippen LogP contribution in [0, 0.1) is 5.82 Å². The molecule has 5 nitrogen and oxygen atoms in total. The van der Waals surface area contributed by atoms with Gasteiger partial charge in [0.1, 0.15) is 11.9 Å². The van der Waals surface area contributed by atoms with Gasteiger partial charge < -0.3 is 5.32 Å². The lowest BCUT2D eigenvalue weighted by molar-refractivity contribution is -0.138. The minimum atomic E-state index is -4.76. The van der Waals surface area contributed by atoms with E-state index in [0.29, 0.717) is 12.5 Å². The van der Waals surface area contributed by atoms with Gasteiger partial charge in [-0.05, 0) is 30.5 Å². The zero-order valence-corrected chi connectivity index (χ0v) is 13.5. The van der Waals surface area contributed by atoms with Gasteiger partial charge in [-0.2, -0.15) is 17.5 Å². The molecule has 1 fully saturated rings. The average molecular weight is 368 g/mol. The van der Waals surface area contributed by atoms with Crippen LogP contribution in [0.2, 0.25) is 0 Å². The summed E-state index contributed by atoms with van der Waals surface area (Å²) >= 11 is 0. The summed E-state index contributed by atoms with van der Waals surface area (Å²) in [5.74, 6) is -1.78. The molecule has 0 radical (unpaired) electrons. The minimum absolute atomic E-state index is 0.0660. The molecule has 0 aliphatic carbocycles. The van der Waals surface area contributed by atoms with E-state index in [1.54, 1.807) is 0 Å². The maximum Gasteiger partial charge on any atom is 0.416 e. The molecule has 1 atom stereocenters. The predicted molar refractivity (Wildman–Crippen MR) is 77.8 cm³/mol. The molecule has 0 saturated carbocycles. The van der Waals surface area contributed by atoms with E-state index >= 15 is 0 Å². The first-order valence-corrected chi connectivity index (χ1v) is 8.72. The zero-order chi connectivity index (χ0) is 18.1. The number of likely N-dealkylation sites (N-methyl/N-ethyl adjacent to an activating group) is 1. The van der Waals surface area contributed by atoms with E-state index in [2.05, 4.69) is 5.32 Å². The largest absolute Gasteiger partial charge is 0.416 e. The Bertz CT molecular complexity index is 734. The van der Waals surface area contributed by atoms with Gasteiger partial charge in [-0.15, -0.1) is 0 Å². The summed E-state index contributed by atoms with van der Waals surface area (Å²) < 4.78 is 76.2. The number of amides is 1. The Morgan fingerprint density at radius 2 is 2.04 bits per heavy atom. The van der Waals surface area contributed by atoms with Crippen molar-refractivity contribution in [2.45, 2.75) is 31.6 Å². The van der Waals surface area contributed by atoms with E-state index in [4.69, 9.17) is 0 Å². The highest BCUT2D eigenvalue weighted by molar-refractivity contribution is 7.89. The Morgan fingerprint density at radius 1 is 1.38 bits per heavy atom. The molecule has 24 heavy (non-hydrogen) atoms. The van der Waals surface area contributed by atoms with Crippen molar-refractivity contribution in [3.63, 3.8) is 0 Å². The van der Waals surface area contributed by atoms with Crippen LogP contribution in [-0.2, 0) is 27.5 Å². The lowest BCUT2D eigenvalue weighted by Crippen LogP contribution is -2.50. The Morgan fingerprint density at radius 3 is 2.67 bits per heavy atom. The van der Waals surface area contributed by atoms with E-state index in [1.807, 2.05) is 0 Å². The van der Waals surface area contributed by atoms with Crippen molar-refractivity contribution in [1.82, 2.24) is 9.62 Å². The summed E-state index contributed by atoms with van der Waals surface area (Å²) in [4.78, 5) is 12.1. The predicted octanol–water partition coefficient (Wildman–Crippen LogP) is 1.88. The fourth-order valence-corrected chi connectivity index (χ4v) is 3.95. The van der Waals surface area contributed by atoms with Crippen molar-refractivity contribution in [3.8, 4) is 0 Å². The summed E-state index contributed by atoms with van der Waals surface area (Å²) in [6.07, 6.45) is -4.17. The van der Waals surface area contributed by atoms with Crippen LogP contribution in [0.4, 0.5) is 17.6 Å². The normalized spacial score (nSPS) is 21.5. The molecule has 1 saturated heterocycles. The van der Waals surface area contributed by atoms with Gasteiger partial charge in [-0.1, -0.05) is 6.07 Å². The molecule has 1 aromatic carbocycles. The monoisotopic (exact) mass is 368 g/mol. The summed E-state index contributed by atoms with van der Waals surface area (Å²) in [5, 5.41) is 2.30. The van der Waals surface area contributed by atoms with Gasteiger partial charge in [0.2, 0.25) is 15.9 Å². The van der Waals surface area contributed by atoms with Crippen molar-refractivity contribution in [2.75, 3.05) is 12.8 Å². The topological polar surface area (TPSA) is 66.5 Å². The molecule has 0 bridgehead atoms. The SMILES string of the molecule is CN1C(C(=O)NCc2ccc(F)cc2C(F)(F)F)CCCS1(=O)=O. The van der Waals surface area contributed by atoms with Gasteiger partial charge in [0.15, 0.2) is 0 Å². The maximum atomic E-state index is 13.0. The van der Waals surface area contributed by atoms with Crippen molar-refractivity contribution >= 4 is 15.9 Å². The van der Waals surface area contributed by atoms with E-state index in [1.165, 1.54) is 7.05 Å². The quantitative estimate of drug-likeness (QED) is 0.829. The number of benzene rings is 1. The highest BCUT2D eigenvalue weighted by Crippen LogP contribution is 2.32. The molecule has 2 rings (SSSR count). The first-order chi connectivity index (χ1) is 11.0. The number of alkyl halides is 3. The number of carbonyl (C=O) groups is 1. The summed E-state index contributed by atoms with van der Waals surface area (Å²) in [6, 6.07) is 1.21. The van der Waals surface area contributed by atoms with Crippen LogP contribution in [0.5, 0.6) is 0 Å². The number of hydrogen-bond donors (Lipinski definition) is 1. The molecule has 1 aliphatic heterocycles. The van der Waals surface area contributed by atoms with E-state index in [9.17, 15) is 30.8 Å². The second-order valence-corrected chi connectivity index (χ2v) is 7.66. The van der Waals surface area contributed by atoms with Crippen molar-refractivity contribution in [1.29, 1.82) is 0 Å². The lowest BCUT2D eigenvalue weighted by Gasteiger charge is -2.30. The van der Waals surface area contributed by atoms with E-state index < -0.39 is 46.1 Å². The Hall–Kier alpha value is -1.68. The van der Waals surface area contributed by atoms with Crippen molar-refractivity contribution < 1.29 is 30.8 Å². The number of rotatable bonds is 3. The molecule has 1 heterocycles. The third-order valence-corrected chi connectivity index (χ3v) is 5.83. The second-order valence-electron chi connectivity index (χ2n) is 5.51. The standard InChI is InChI=1S/C14H16F4N2O3S/c1-20-12(3-2-6-24(20,22)23)13(21)19-8-9-4-5-10(15)7-11(9)14(16,17)18/h4-5,7,12H,2-3,6,8H2,1H3,(H,19,21). The van der Waals surface area contributed by atoms with Gasteiger partial charge in [-0.25, -0.2) is 12.8 Å². The lowest BCUT2D eigenvalue weighted by atomic mass is 10.1. The summed E-state index contributed by atoms with van der Waals surface area (Å²) in [7, 11) is -2.27. The molecule has 1 N–H and O–H groups in total. The molecule has 1 amide bonds. The fraction of sp³-hybridized carbons (Fsp3) is 0.500. The molecule has 0 spiro atoms. The first-order valence-electron chi connectivity index (χ1n) is 7.11. The smallest absolute Gasteiger partial charge is 0.351 e. The molecule has 0 aromatic heterocycles. The van der Waals surface area contributed by atoms with Crippen LogP contribution in [0.25, 0.3) is 0 Å². The molecular formula is C14H16F4N2O3S. The zero-order valence-electron chi connectivity index (χ0n) is 12.7. The molecular weight excluding hydrogens is 352 g/mol. The van der Waals surface area contributed by atoms with E-state index in [0.717, 1.165) is 16.4 Å². The Kier molecular flexibility index (Phi) is 5.19. The minimum Gasteiger partial charge on any atom is -0.351 e. The van der Waals surface area contributed by atoms with E-state index in [-0.39, 0.29) is 17.7 Å². The molecule has 1 unspecified atom stereocenters.